The van der Waals surface area contributed by atoms with E-state index in [2.05, 4.69) is 0 Å². The largest absolute Gasteiger partial charge is 0.489 e. The number of hydrogen-bond donors (Lipinski definition) is 1. The van der Waals surface area contributed by atoms with Crippen molar-refractivity contribution in [3.8, 4) is 5.75 Å². The van der Waals surface area contributed by atoms with Crippen molar-refractivity contribution in [1.82, 2.24) is 0 Å². The lowest BCUT2D eigenvalue weighted by Gasteiger charge is -2.08. The van der Waals surface area contributed by atoms with Crippen LogP contribution in [0.3, 0.4) is 0 Å². The molecule has 0 spiro atoms. The van der Waals surface area contributed by atoms with Crippen molar-refractivity contribution >= 4 is 28.8 Å². The average Bonchev–Trinajstić information content (AvgIpc) is 2.37. The van der Waals surface area contributed by atoms with Gasteiger partial charge in [0.25, 0.3) is 0 Å². The molecule has 2 N–H and O–H groups in total. The fourth-order valence-corrected chi connectivity index (χ4v) is 1.82. The summed E-state index contributed by atoms with van der Waals surface area (Å²) in [5.41, 5.74) is 6.55. The van der Waals surface area contributed by atoms with Gasteiger partial charge in [-0.25, -0.2) is 4.39 Å². The van der Waals surface area contributed by atoms with Crippen LogP contribution in [0.4, 0.5) is 4.39 Å². The highest BCUT2D eigenvalue weighted by Gasteiger charge is 2.06. The van der Waals surface area contributed by atoms with Gasteiger partial charge in [-0.15, -0.1) is 0 Å². The van der Waals surface area contributed by atoms with Crippen LogP contribution in [-0.4, -0.2) is 4.99 Å². The van der Waals surface area contributed by atoms with E-state index in [4.69, 9.17) is 34.3 Å². The van der Waals surface area contributed by atoms with Crippen LogP contribution in [-0.2, 0) is 6.61 Å². The van der Waals surface area contributed by atoms with Crippen LogP contribution in [0.1, 0.15) is 11.1 Å². The minimum Gasteiger partial charge on any atom is -0.489 e. The second-order valence-corrected chi connectivity index (χ2v) is 4.80. The smallest absolute Gasteiger partial charge is 0.137 e. The summed E-state index contributed by atoms with van der Waals surface area (Å²) in [5.74, 6) is -0.0615. The first-order chi connectivity index (χ1) is 9.06. The molecule has 0 saturated heterocycles. The Morgan fingerprint density at radius 2 is 1.89 bits per heavy atom. The monoisotopic (exact) mass is 295 g/mol. The lowest BCUT2D eigenvalue weighted by atomic mass is 10.2. The Morgan fingerprint density at radius 1 is 1.21 bits per heavy atom. The summed E-state index contributed by atoms with van der Waals surface area (Å²) >= 11 is 10.5. The maximum absolute atomic E-state index is 13.6. The Morgan fingerprint density at radius 3 is 2.47 bits per heavy atom. The van der Waals surface area contributed by atoms with Gasteiger partial charge >= 0.3 is 0 Å². The molecule has 0 fully saturated rings. The Bertz CT molecular complexity index is 601. The molecular formula is C14H11ClFNOS. The van der Waals surface area contributed by atoms with Gasteiger partial charge in [0, 0.05) is 16.7 Å². The zero-order valence-corrected chi connectivity index (χ0v) is 11.5. The maximum atomic E-state index is 13.6. The van der Waals surface area contributed by atoms with Gasteiger partial charge in [0.2, 0.25) is 0 Å². The maximum Gasteiger partial charge on any atom is 0.137 e. The van der Waals surface area contributed by atoms with E-state index in [-0.39, 0.29) is 10.6 Å². The van der Waals surface area contributed by atoms with E-state index < -0.39 is 5.82 Å². The van der Waals surface area contributed by atoms with Crippen LogP contribution < -0.4 is 10.5 Å². The van der Waals surface area contributed by atoms with Gasteiger partial charge in [0.1, 0.15) is 23.2 Å². The molecule has 98 valence electrons. The summed E-state index contributed by atoms with van der Waals surface area (Å²) in [6.45, 7) is 0.336. The van der Waals surface area contributed by atoms with E-state index >= 15 is 0 Å². The highest BCUT2D eigenvalue weighted by atomic mass is 35.5. The van der Waals surface area contributed by atoms with Crippen molar-refractivity contribution in [3.05, 3.63) is 64.4 Å². The van der Waals surface area contributed by atoms with Crippen molar-refractivity contribution in [3.63, 3.8) is 0 Å². The van der Waals surface area contributed by atoms with Gasteiger partial charge in [0.05, 0.1) is 0 Å². The Labute approximate surface area is 120 Å². The number of benzene rings is 2. The van der Waals surface area contributed by atoms with Crippen LogP contribution in [0, 0.1) is 5.82 Å². The predicted molar refractivity (Wildman–Crippen MR) is 78.1 cm³/mol. The molecule has 0 aliphatic rings. The van der Waals surface area contributed by atoms with Gasteiger partial charge in [-0.3, -0.25) is 0 Å². The molecule has 2 aromatic carbocycles. The molecule has 0 aliphatic carbocycles. The quantitative estimate of drug-likeness (QED) is 0.874. The first-order valence-corrected chi connectivity index (χ1v) is 6.31. The second kappa shape index (κ2) is 5.99. The van der Waals surface area contributed by atoms with Crippen LogP contribution >= 0.6 is 23.8 Å². The normalized spacial score (nSPS) is 10.2. The third-order valence-corrected chi connectivity index (χ3v) is 3.00. The molecule has 0 atom stereocenters. The van der Waals surface area contributed by atoms with E-state index in [1.165, 1.54) is 12.1 Å². The Kier molecular flexibility index (Phi) is 4.35. The fourth-order valence-electron chi connectivity index (χ4n) is 1.53. The van der Waals surface area contributed by atoms with Crippen LogP contribution in [0.15, 0.2) is 42.5 Å². The van der Waals surface area contributed by atoms with Crippen molar-refractivity contribution in [2.45, 2.75) is 6.61 Å². The molecule has 0 aromatic heterocycles. The predicted octanol–water partition coefficient (Wildman–Crippen LogP) is 3.69. The molecule has 0 saturated carbocycles. The Balaban J connectivity index is 2.06. The molecule has 5 heteroatoms. The van der Waals surface area contributed by atoms with Crippen molar-refractivity contribution < 1.29 is 9.13 Å². The van der Waals surface area contributed by atoms with Crippen molar-refractivity contribution in [2.75, 3.05) is 0 Å². The Hall–Kier alpha value is -1.65. The molecule has 0 bridgehead atoms. The molecule has 2 nitrogen and oxygen atoms in total. The minimum atomic E-state index is -0.485. The molecule has 0 unspecified atom stereocenters. The van der Waals surface area contributed by atoms with Gasteiger partial charge in [0.15, 0.2) is 0 Å². The molecular weight excluding hydrogens is 285 g/mol. The van der Waals surface area contributed by atoms with Gasteiger partial charge < -0.3 is 10.5 Å². The van der Waals surface area contributed by atoms with E-state index in [1.54, 1.807) is 18.2 Å². The number of ether oxygens (including phenoxy) is 1. The molecule has 0 amide bonds. The van der Waals surface area contributed by atoms with Crippen LogP contribution in [0.25, 0.3) is 0 Å². The molecule has 19 heavy (non-hydrogen) atoms. The van der Waals surface area contributed by atoms with E-state index in [1.807, 2.05) is 12.1 Å². The number of halogens is 2. The summed E-state index contributed by atoms with van der Waals surface area (Å²) in [7, 11) is 0. The second-order valence-electron chi connectivity index (χ2n) is 3.92. The van der Waals surface area contributed by atoms with Gasteiger partial charge in [-0.2, -0.15) is 0 Å². The minimum absolute atomic E-state index is 0.0294. The molecule has 2 rings (SSSR count). The summed E-state index contributed by atoms with van der Waals surface area (Å²) in [6, 6.07) is 11.7. The van der Waals surface area contributed by atoms with Gasteiger partial charge in [-0.05, 0) is 29.8 Å². The first kappa shape index (κ1) is 13.8. The zero-order chi connectivity index (χ0) is 13.8. The van der Waals surface area contributed by atoms with Crippen molar-refractivity contribution in [1.29, 1.82) is 0 Å². The summed E-state index contributed by atoms with van der Waals surface area (Å²) in [4.78, 5) is 0.0294. The lowest BCUT2D eigenvalue weighted by Crippen LogP contribution is -2.11. The molecule has 0 aliphatic heterocycles. The topological polar surface area (TPSA) is 35.2 Å². The third kappa shape index (κ3) is 3.66. The van der Waals surface area contributed by atoms with Crippen LogP contribution in [0.5, 0.6) is 5.75 Å². The number of rotatable bonds is 4. The van der Waals surface area contributed by atoms with Crippen LogP contribution in [0.2, 0.25) is 5.02 Å². The van der Waals surface area contributed by atoms with Gasteiger partial charge in [-0.1, -0.05) is 36.0 Å². The molecule has 2 aromatic rings. The highest BCUT2D eigenvalue weighted by molar-refractivity contribution is 7.80. The summed E-state index contributed by atoms with van der Waals surface area (Å²) in [5, 5.41) is 0.663. The zero-order valence-electron chi connectivity index (χ0n) is 9.90. The summed E-state index contributed by atoms with van der Waals surface area (Å²) < 4.78 is 19.1. The third-order valence-electron chi connectivity index (χ3n) is 2.52. The SMILES string of the molecule is NC(=S)c1ccc(OCc2ccc(Cl)cc2)cc1F. The van der Waals surface area contributed by atoms with Crippen molar-refractivity contribution in [2.24, 2.45) is 5.73 Å². The van der Waals surface area contributed by atoms with E-state index in [0.717, 1.165) is 5.56 Å². The number of hydrogen-bond acceptors (Lipinski definition) is 2. The molecule has 0 heterocycles. The first-order valence-electron chi connectivity index (χ1n) is 5.53. The average molecular weight is 296 g/mol. The number of nitrogens with two attached hydrogens (primary N) is 1. The number of thiocarbonyl (C=S) groups is 1. The fraction of sp³-hybridized carbons (Fsp3) is 0.0714. The highest BCUT2D eigenvalue weighted by Crippen LogP contribution is 2.18. The van der Waals surface area contributed by atoms with E-state index in [9.17, 15) is 4.39 Å². The van der Waals surface area contributed by atoms with E-state index in [0.29, 0.717) is 17.4 Å². The standard InChI is InChI=1S/C14H11ClFNOS/c15-10-3-1-9(2-4-10)8-18-11-5-6-12(14(17)19)13(16)7-11/h1-7H,8H2,(H2,17,19). The summed E-state index contributed by atoms with van der Waals surface area (Å²) in [6.07, 6.45) is 0. The lowest BCUT2D eigenvalue weighted by molar-refractivity contribution is 0.304. The molecule has 0 radical (unpaired) electrons.